The first-order valence-corrected chi connectivity index (χ1v) is 9.05. The Kier molecular flexibility index (Phi) is 7.35. The van der Waals surface area contributed by atoms with Crippen LogP contribution < -0.4 is 20.1 Å². The van der Waals surface area contributed by atoms with Crippen LogP contribution in [0.15, 0.2) is 18.2 Å². The van der Waals surface area contributed by atoms with E-state index in [0.29, 0.717) is 19.4 Å². The Balaban J connectivity index is 1.83. The van der Waals surface area contributed by atoms with Crippen molar-refractivity contribution in [2.45, 2.75) is 38.8 Å². The molecule has 0 aromatic heterocycles. The molecule has 1 aromatic rings. The normalized spacial score (nSPS) is 16.6. The molecule has 1 aliphatic heterocycles. The maximum absolute atomic E-state index is 12.3. The molecule has 0 saturated carbocycles. The molecule has 5 nitrogen and oxygen atoms in total. The van der Waals surface area contributed by atoms with E-state index >= 15 is 0 Å². The van der Waals surface area contributed by atoms with Gasteiger partial charge in [0.25, 0.3) is 0 Å². The molecule has 152 valence electrons. The van der Waals surface area contributed by atoms with Crippen LogP contribution in [0.2, 0.25) is 0 Å². The van der Waals surface area contributed by atoms with Gasteiger partial charge in [-0.05, 0) is 55.5 Å². The van der Waals surface area contributed by atoms with Gasteiger partial charge in [0.15, 0.2) is 18.1 Å². The Hall–Kier alpha value is -1.96. The molecule has 2 rings (SSSR count). The van der Waals surface area contributed by atoms with E-state index in [2.05, 4.69) is 17.6 Å². The number of aryl methyl sites for hydroxylation is 1. The van der Waals surface area contributed by atoms with E-state index in [0.717, 1.165) is 31.5 Å². The fraction of sp³-hybridized carbons (Fsp3) is 0.632. The number of nitrogens with one attached hydrogen (secondary N) is 2. The van der Waals surface area contributed by atoms with E-state index in [9.17, 15) is 18.0 Å². The monoisotopic (exact) mass is 388 g/mol. The zero-order valence-electron chi connectivity index (χ0n) is 15.7. The Morgan fingerprint density at radius 1 is 1.26 bits per heavy atom. The van der Waals surface area contributed by atoms with Crippen LogP contribution in [0.1, 0.15) is 31.7 Å². The number of methoxy groups -OCH3 is 1. The van der Waals surface area contributed by atoms with Crippen LogP contribution in [0.3, 0.4) is 0 Å². The summed E-state index contributed by atoms with van der Waals surface area (Å²) in [4.78, 5) is 12.1. The molecule has 1 aliphatic rings. The second-order valence-electron chi connectivity index (χ2n) is 7.23. The lowest BCUT2D eigenvalue weighted by Gasteiger charge is -2.34. The van der Waals surface area contributed by atoms with Crippen molar-refractivity contribution in [3.05, 3.63) is 23.8 Å². The van der Waals surface area contributed by atoms with Crippen molar-refractivity contribution < 1.29 is 27.4 Å². The molecule has 1 saturated heterocycles. The minimum Gasteiger partial charge on any atom is -0.493 e. The molecule has 1 aromatic carbocycles. The molecule has 0 bridgehead atoms. The number of hydrogen-bond donors (Lipinski definition) is 2. The smallest absolute Gasteiger partial charge is 0.422 e. The van der Waals surface area contributed by atoms with E-state index in [1.54, 1.807) is 12.1 Å². The van der Waals surface area contributed by atoms with Crippen molar-refractivity contribution in [2.24, 2.45) is 5.41 Å². The first-order chi connectivity index (χ1) is 12.7. The predicted octanol–water partition coefficient (Wildman–Crippen LogP) is 3.07. The van der Waals surface area contributed by atoms with E-state index in [4.69, 9.17) is 9.47 Å². The van der Waals surface area contributed by atoms with Gasteiger partial charge in [-0.15, -0.1) is 0 Å². The van der Waals surface area contributed by atoms with Gasteiger partial charge in [0.05, 0.1) is 7.11 Å². The standard InChI is InChI=1S/C19H27F3N2O3/c1-18(7-9-23-10-8-18)12-24-17(25)6-4-14-3-5-15(16(11-14)26-2)27-13-19(20,21)22/h3,5,11,23H,4,6-10,12-13H2,1-2H3,(H,24,25). The molecule has 0 spiro atoms. The topological polar surface area (TPSA) is 59.6 Å². The van der Waals surface area contributed by atoms with Gasteiger partial charge in [0, 0.05) is 13.0 Å². The minimum atomic E-state index is -4.41. The number of hydrogen-bond acceptors (Lipinski definition) is 4. The second-order valence-corrected chi connectivity index (χ2v) is 7.23. The Labute approximate surface area is 157 Å². The van der Waals surface area contributed by atoms with Gasteiger partial charge < -0.3 is 20.1 Å². The van der Waals surface area contributed by atoms with Gasteiger partial charge in [-0.25, -0.2) is 0 Å². The van der Waals surface area contributed by atoms with Gasteiger partial charge >= 0.3 is 6.18 Å². The zero-order valence-corrected chi connectivity index (χ0v) is 15.7. The van der Waals surface area contributed by atoms with Gasteiger partial charge in [0.2, 0.25) is 5.91 Å². The lowest BCUT2D eigenvalue weighted by Crippen LogP contribution is -2.42. The summed E-state index contributed by atoms with van der Waals surface area (Å²) in [6.07, 6.45) is -1.57. The Bertz CT molecular complexity index is 629. The van der Waals surface area contributed by atoms with Crippen molar-refractivity contribution in [3.63, 3.8) is 0 Å². The van der Waals surface area contributed by atoms with Crippen LogP contribution in [-0.2, 0) is 11.2 Å². The molecule has 0 radical (unpaired) electrons. The van der Waals surface area contributed by atoms with E-state index in [1.807, 2.05) is 0 Å². The lowest BCUT2D eigenvalue weighted by molar-refractivity contribution is -0.153. The van der Waals surface area contributed by atoms with Crippen molar-refractivity contribution in [3.8, 4) is 11.5 Å². The third-order valence-electron chi connectivity index (χ3n) is 4.78. The van der Waals surface area contributed by atoms with Gasteiger partial charge in [-0.2, -0.15) is 13.2 Å². The lowest BCUT2D eigenvalue weighted by atomic mass is 9.81. The number of amides is 1. The largest absolute Gasteiger partial charge is 0.493 e. The minimum absolute atomic E-state index is 0.0295. The van der Waals surface area contributed by atoms with Crippen LogP contribution in [0.25, 0.3) is 0 Å². The van der Waals surface area contributed by atoms with Crippen LogP contribution >= 0.6 is 0 Å². The number of carbonyl (C=O) groups is 1. The van der Waals surface area contributed by atoms with E-state index < -0.39 is 12.8 Å². The molecule has 1 heterocycles. The van der Waals surface area contributed by atoms with Crippen molar-refractivity contribution in [2.75, 3.05) is 33.4 Å². The molecule has 8 heteroatoms. The summed E-state index contributed by atoms with van der Waals surface area (Å²) in [6, 6.07) is 4.69. The van der Waals surface area contributed by atoms with Gasteiger partial charge in [-0.3, -0.25) is 4.79 Å². The fourth-order valence-electron chi connectivity index (χ4n) is 3.01. The highest BCUT2D eigenvalue weighted by Crippen LogP contribution is 2.30. The molecular weight excluding hydrogens is 361 g/mol. The predicted molar refractivity (Wildman–Crippen MR) is 96.1 cm³/mol. The third kappa shape index (κ3) is 7.28. The van der Waals surface area contributed by atoms with Gasteiger partial charge in [0.1, 0.15) is 0 Å². The SMILES string of the molecule is COc1cc(CCC(=O)NCC2(C)CCNCC2)ccc1OCC(F)(F)F. The third-order valence-corrected chi connectivity index (χ3v) is 4.78. The molecule has 27 heavy (non-hydrogen) atoms. The van der Waals surface area contributed by atoms with Crippen molar-refractivity contribution in [1.82, 2.24) is 10.6 Å². The highest BCUT2D eigenvalue weighted by Gasteiger charge is 2.29. The summed E-state index contributed by atoms with van der Waals surface area (Å²) in [5, 5.41) is 6.30. The molecule has 0 unspecified atom stereocenters. The first-order valence-electron chi connectivity index (χ1n) is 9.05. The summed E-state index contributed by atoms with van der Waals surface area (Å²) >= 11 is 0. The number of halogens is 3. The molecule has 0 atom stereocenters. The average molecular weight is 388 g/mol. The van der Waals surface area contributed by atoms with Crippen LogP contribution in [0, 0.1) is 5.41 Å². The summed E-state index contributed by atoms with van der Waals surface area (Å²) in [5.74, 6) is 0.215. The highest BCUT2D eigenvalue weighted by molar-refractivity contribution is 5.76. The molecule has 2 N–H and O–H groups in total. The molecule has 1 fully saturated rings. The first kappa shape index (κ1) is 21.3. The number of carbonyl (C=O) groups excluding carboxylic acids is 1. The number of benzene rings is 1. The van der Waals surface area contributed by atoms with E-state index in [1.165, 1.54) is 13.2 Å². The Morgan fingerprint density at radius 3 is 2.59 bits per heavy atom. The maximum atomic E-state index is 12.3. The second kappa shape index (κ2) is 9.30. The van der Waals surface area contributed by atoms with Gasteiger partial charge in [-0.1, -0.05) is 13.0 Å². The highest BCUT2D eigenvalue weighted by atomic mass is 19.4. The van der Waals surface area contributed by atoms with Crippen LogP contribution in [-0.4, -0.2) is 45.4 Å². The quantitative estimate of drug-likeness (QED) is 0.719. The Morgan fingerprint density at radius 2 is 1.96 bits per heavy atom. The van der Waals surface area contributed by atoms with Crippen molar-refractivity contribution >= 4 is 5.91 Å². The maximum Gasteiger partial charge on any atom is 0.422 e. The summed E-state index contributed by atoms with van der Waals surface area (Å²) in [6.45, 7) is 3.39. The molecule has 1 amide bonds. The van der Waals surface area contributed by atoms with Crippen LogP contribution in [0.4, 0.5) is 13.2 Å². The summed E-state index contributed by atoms with van der Waals surface area (Å²) in [5.41, 5.74) is 0.927. The number of ether oxygens (including phenoxy) is 2. The number of rotatable bonds is 8. The zero-order chi connectivity index (χ0) is 19.9. The summed E-state index contributed by atoms with van der Waals surface area (Å²) < 4.78 is 46.7. The van der Waals surface area contributed by atoms with E-state index in [-0.39, 0.29) is 22.8 Å². The summed E-state index contributed by atoms with van der Waals surface area (Å²) in [7, 11) is 1.37. The van der Waals surface area contributed by atoms with Crippen LogP contribution in [0.5, 0.6) is 11.5 Å². The molecule has 0 aliphatic carbocycles. The fourth-order valence-corrected chi connectivity index (χ4v) is 3.01. The number of piperidine rings is 1. The average Bonchev–Trinajstić information content (AvgIpc) is 2.63. The number of alkyl halides is 3. The molecular formula is C19H27F3N2O3. The van der Waals surface area contributed by atoms with Crippen molar-refractivity contribution in [1.29, 1.82) is 0 Å².